The van der Waals surface area contributed by atoms with Gasteiger partial charge in [0.15, 0.2) is 0 Å². The molecule has 3 heterocycles. The van der Waals surface area contributed by atoms with Crippen LogP contribution in [0.25, 0.3) is 10.9 Å². The molecular formula is C22H21F3N4O4. The van der Waals surface area contributed by atoms with Gasteiger partial charge in [0.2, 0.25) is 0 Å². The van der Waals surface area contributed by atoms with Gasteiger partial charge in [-0.25, -0.2) is 9.78 Å². The van der Waals surface area contributed by atoms with Gasteiger partial charge in [0.25, 0.3) is 0 Å². The van der Waals surface area contributed by atoms with E-state index < -0.39 is 29.7 Å². The lowest BCUT2D eigenvalue weighted by Crippen LogP contribution is -2.49. The summed E-state index contributed by atoms with van der Waals surface area (Å²) in [5.74, 6) is -1.70. The van der Waals surface area contributed by atoms with E-state index in [2.05, 4.69) is 4.98 Å². The summed E-state index contributed by atoms with van der Waals surface area (Å²) in [5, 5.41) is 19.9. The van der Waals surface area contributed by atoms with Gasteiger partial charge in [0, 0.05) is 62.1 Å². The number of aryl methyl sites for hydroxylation is 1. The Bertz CT molecular complexity index is 1200. The Morgan fingerprint density at radius 3 is 2.30 bits per heavy atom. The van der Waals surface area contributed by atoms with Crippen molar-refractivity contribution in [3.8, 4) is 0 Å². The molecule has 0 aliphatic carbocycles. The van der Waals surface area contributed by atoms with Crippen LogP contribution in [0.1, 0.15) is 27.5 Å². The van der Waals surface area contributed by atoms with Crippen LogP contribution < -0.4 is 4.90 Å². The van der Waals surface area contributed by atoms with Crippen molar-refractivity contribution >= 4 is 28.7 Å². The van der Waals surface area contributed by atoms with Crippen LogP contribution >= 0.6 is 0 Å². The number of aromatic nitrogens is 2. The summed E-state index contributed by atoms with van der Waals surface area (Å²) in [5.41, 5.74) is 0.458. The van der Waals surface area contributed by atoms with Crippen molar-refractivity contribution in [1.82, 2.24) is 14.5 Å². The number of carboxylic acid groups (broad SMARTS) is 2. The molecule has 0 saturated carbocycles. The molecule has 0 unspecified atom stereocenters. The van der Waals surface area contributed by atoms with Crippen molar-refractivity contribution in [2.24, 2.45) is 7.05 Å². The second-order valence-corrected chi connectivity index (χ2v) is 7.90. The Hall–Kier alpha value is -3.60. The normalized spacial score (nSPS) is 16.2. The van der Waals surface area contributed by atoms with Crippen LogP contribution in [0.2, 0.25) is 0 Å². The highest BCUT2D eigenvalue weighted by Gasteiger charge is 2.34. The SMILES string of the molecule is Cn1cc([C@H](C(=O)O)N2CCN(c3ccc(C(F)(F)F)cn3)CC2)c2ccc(C(=O)O)cc21. The number of piperazine rings is 1. The van der Waals surface area contributed by atoms with E-state index in [1.54, 1.807) is 28.8 Å². The highest BCUT2D eigenvalue weighted by molar-refractivity contribution is 5.96. The van der Waals surface area contributed by atoms with Crippen LogP contribution in [0.4, 0.5) is 19.0 Å². The Morgan fingerprint density at radius 1 is 1.06 bits per heavy atom. The minimum Gasteiger partial charge on any atom is -0.480 e. The summed E-state index contributed by atoms with van der Waals surface area (Å²) in [6, 6.07) is 5.92. The number of halogens is 3. The summed E-state index contributed by atoms with van der Waals surface area (Å²) in [6.07, 6.45) is -1.97. The smallest absolute Gasteiger partial charge is 0.417 e. The Morgan fingerprint density at radius 2 is 1.76 bits per heavy atom. The molecule has 2 N–H and O–H groups in total. The summed E-state index contributed by atoms with van der Waals surface area (Å²) >= 11 is 0. The number of aromatic carboxylic acids is 1. The van der Waals surface area contributed by atoms with Crippen LogP contribution in [0, 0.1) is 0 Å². The second-order valence-electron chi connectivity index (χ2n) is 7.90. The van der Waals surface area contributed by atoms with Gasteiger partial charge >= 0.3 is 18.1 Å². The molecule has 1 aliphatic heterocycles. The third-order valence-electron chi connectivity index (χ3n) is 5.88. The molecule has 1 atom stereocenters. The van der Waals surface area contributed by atoms with Crippen LogP contribution in [0.5, 0.6) is 0 Å². The minimum atomic E-state index is -4.46. The van der Waals surface area contributed by atoms with E-state index in [-0.39, 0.29) is 5.56 Å². The molecule has 0 spiro atoms. The maximum Gasteiger partial charge on any atom is 0.417 e. The van der Waals surface area contributed by atoms with Gasteiger partial charge < -0.3 is 19.7 Å². The molecular weight excluding hydrogens is 441 g/mol. The number of nitrogens with zero attached hydrogens (tertiary/aromatic N) is 4. The standard InChI is InChI=1S/C22H21F3N4O4/c1-27-12-16(15-4-2-13(20(30)31)10-17(15)27)19(21(32)33)29-8-6-28(7-9-29)18-5-3-14(11-26-18)22(23,24)25/h2-5,10-12,19H,6-9H2,1H3,(H,30,31)(H,32,33)/t19-/m1/s1. The highest BCUT2D eigenvalue weighted by Crippen LogP contribution is 2.33. The zero-order chi connectivity index (χ0) is 23.9. The lowest BCUT2D eigenvalue weighted by molar-refractivity contribution is -0.143. The van der Waals surface area contributed by atoms with E-state index in [4.69, 9.17) is 0 Å². The average Bonchev–Trinajstić information content (AvgIpc) is 3.09. The predicted octanol–water partition coefficient (Wildman–Crippen LogP) is 3.24. The van der Waals surface area contributed by atoms with Crippen LogP contribution in [0.3, 0.4) is 0 Å². The number of fused-ring (bicyclic) bond motifs is 1. The number of hydrogen-bond acceptors (Lipinski definition) is 5. The molecule has 11 heteroatoms. The first-order chi connectivity index (χ1) is 15.6. The van der Waals surface area contributed by atoms with Crippen molar-refractivity contribution in [1.29, 1.82) is 0 Å². The van der Waals surface area contributed by atoms with E-state index in [1.165, 1.54) is 18.2 Å². The number of carbonyl (C=O) groups is 2. The molecule has 8 nitrogen and oxygen atoms in total. The first kappa shape index (κ1) is 22.6. The number of anilines is 1. The molecule has 0 amide bonds. The average molecular weight is 462 g/mol. The molecule has 33 heavy (non-hydrogen) atoms. The summed E-state index contributed by atoms with van der Waals surface area (Å²) in [6.45, 7) is 1.53. The van der Waals surface area contributed by atoms with E-state index >= 15 is 0 Å². The van der Waals surface area contributed by atoms with Crippen molar-refractivity contribution in [3.63, 3.8) is 0 Å². The highest BCUT2D eigenvalue weighted by atomic mass is 19.4. The summed E-state index contributed by atoms with van der Waals surface area (Å²) in [4.78, 5) is 31.1. The van der Waals surface area contributed by atoms with Crippen LogP contribution in [0.15, 0.2) is 42.7 Å². The monoisotopic (exact) mass is 462 g/mol. The molecule has 3 aromatic rings. The number of pyridine rings is 1. The van der Waals surface area contributed by atoms with Crippen molar-refractivity contribution < 1.29 is 33.0 Å². The second kappa shape index (κ2) is 8.39. The fourth-order valence-electron chi connectivity index (χ4n) is 4.20. The van der Waals surface area contributed by atoms with E-state index in [0.29, 0.717) is 48.5 Å². The van der Waals surface area contributed by atoms with Crippen molar-refractivity contribution in [2.45, 2.75) is 12.2 Å². The van der Waals surface area contributed by atoms with Gasteiger partial charge in [-0.1, -0.05) is 6.07 Å². The number of alkyl halides is 3. The molecule has 174 valence electrons. The molecule has 4 rings (SSSR count). The first-order valence-electron chi connectivity index (χ1n) is 10.1. The number of rotatable bonds is 5. The Labute approximate surface area is 186 Å². The molecule has 1 aromatic carbocycles. The summed E-state index contributed by atoms with van der Waals surface area (Å²) < 4.78 is 40.0. The molecule has 0 radical (unpaired) electrons. The molecule has 1 aliphatic rings. The Kier molecular flexibility index (Phi) is 5.75. The fraction of sp³-hybridized carbons (Fsp3) is 0.318. The minimum absolute atomic E-state index is 0.111. The molecule has 0 bridgehead atoms. The van der Waals surface area contributed by atoms with Gasteiger partial charge in [-0.2, -0.15) is 13.2 Å². The molecule has 2 aromatic heterocycles. The lowest BCUT2D eigenvalue weighted by Gasteiger charge is -2.38. The third kappa shape index (κ3) is 4.36. The number of carboxylic acids is 2. The topological polar surface area (TPSA) is 98.9 Å². The number of hydrogen-bond donors (Lipinski definition) is 2. The van der Waals surface area contributed by atoms with Gasteiger partial charge in [0.05, 0.1) is 11.1 Å². The van der Waals surface area contributed by atoms with Gasteiger partial charge in [-0.3, -0.25) is 9.69 Å². The van der Waals surface area contributed by atoms with Crippen LogP contribution in [-0.2, 0) is 18.0 Å². The molecule has 1 fully saturated rings. The largest absolute Gasteiger partial charge is 0.480 e. The van der Waals surface area contributed by atoms with E-state index in [9.17, 15) is 33.0 Å². The first-order valence-corrected chi connectivity index (χ1v) is 10.1. The van der Waals surface area contributed by atoms with Gasteiger partial charge in [-0.15, -0.1) is 0 Å². The van der Waals surface area contributed by atoms with Crippen molar-refractivity contribution in [2.75, 3.05) is 31.1 Å². The number of benzene rings is 1. The lowest BCUT2D eigenvalue weighted by atomic mass is 10.0. The maximum absolute atomic E-state index is 12.8. The van der Waals surface area contributed by atoms with Gasteiger partial charge in [-0.05, 0) is 24.3 Å². The third-order valence-corrected chi connectivity index (χ3v) is 5.88. The van der Waals surface area contributed by atoms with Gasteiger partial charge in [0.1, 0.15) is 11.9 Å². The van der Waals surface area contributed by atoms with Crippen molar-refractivity contribution in [3.05, 3.63) is 59.4 Å². The molecule has 1 saturated heterocycles. The quantitative estimate of drug-likeness (QED) is 0.601. The predicted molar refractivity (Wildman–Crippen MR) is 113 cm³/mol. The van der Waals surface area contributed by atoms with E-state index in [1.807, 2.05) is 4.90 Å². The zero-order valence-corrected chi connectivity index (χ0v) is 17.6. The maximum atomic E-state index is 12.8. The summed E-state index contributed by atoms with van der Waals surface area (Å²) in [7, 11) is 1.73. The fourth-order valence-corrected chi connectivity index (χ4v) is 4.20. The number of aliphatic carboxylic acids is 1. The van der Waals surface area contributed by atoms with E-state index in [0.717, 1.165) is 12.3 Å². The zero-order valence-electron chi connectivity index (χ0n) is 17.6. The van der Waals surface area contributed by atoms with Crippen LogP contribution in [-0.4, -0.2) is 62.8 Å². The Balaban J connectivity index is 1.55.